The van der Waals surface area contributed by atoms with E-state index in [2.05, 4.69) is 39.6 Å². The monoisotopic (exact) mass is 389 g/mol. The normalized spacial score (nSPS) is 18.0. The summed E-state index contributed by atoms with van der Waals surface area (Å²) in [7, 11) is 0. The maximum Gasteiger partial charge on any atom is 0.234 e. The summed E-state index contributed by atoms with van der Waals surface area (Å²) in [6.45, 7) is 7.72. The molecule has 2 heterocycles. The van der Waals surface area contributed by atoms with Gasteiger partial charge in [0.25, 0.3) is 0 Å². The van der Waals surface area contributed by atoms with Crippen molar-refractivity contribution in [1.29, 1.82) is 0 Å². The number of benzene rings is 1. The van der Waals surface area contributed by atoms with Gasteiger partial charge in [0.2, 0.25) is 5.91 Å². The number of likely N-dealkylation sites (tertiary alicyclic amines) is 1. The van der Waals surface area contributed by atoms with Gasteiger partial charge in [-0.15, -0.1) is 23.1 Å². The van der Waals surface area contributed by atoms with Crippen LogP contribution in [0.2, 0.25) is 0 Å². The average molecular weight is 390 g/mol. The van der Waals surface area contributed by atoms with E-state index in [-0.39, 0.29) is 5.91 Å². The van der Waals surface area contributed by atoms with Crippen molar-refractivity contribution in [1.82, 2.24) is 9.88 Å². The second kappa shape index (κ2) is 9.53. The van der Waals surface area contributed by atoms with Crippen molar-refractivity contribution in [3.8, 4) is 0 Å². The molecule has 26 heavy (non-hydrogen) atoms. The van der Waals surface area contributed by atoms with Gasteiger partial charge in [-0.05, 0) is 49.9 Å². The molecule has 1 amide bonds. The summed E-state index contributed by atoms with van der Waals surface area (Å²) in [5, 5.41) is 6.11. The molecule has 0 spiro atoms. The molecule has 1 aromatic carbocycles. The predicted molar refractivity (Wildman–Crippen MR) is 112 cm³/mol. The molecule has 2 aromatic rings. The van der Waals surface area contributed by atoms with Crippen molar-refractivity contribution < 1.29 is 4.79 Å². The molecule has 140 valence electrons. The van der Waals surface area contributed by atoms with Gasteiger partial charge in [-0.3, -0.25) is 9.69 Å². The van der Waals surface area contributed by atoms with Gasteiger partial charge in [-0.1, -0.05) is 19.1 Å². The Kier molecular flexibility index (Phi) is 7.11. The second-order valence-corrected chi connectivity index (χ2v) is 9.13. The van der Waals surface area contributed by atoms with E-state index in [4.69, 9.17) is 0 Å². The number of aromatic nitrogens is 1. The molecule has 6 heteroatoms. The van der Waals surface area contributed by atoms with E-state index >= 15 is 0 Å². The van der Waals surface area contributed by atoms with Crippen LogP contribution in [0.3, 0.4) is 0 Å². The van der Waals surface area contributed by atoms with Crippen molar-refractivity contribution in [2.75, 3.05) is 24.2 Å². The van der Waals surface area contributed by atoms with Crippen molar-refractivity contribution >= 4 is 34.7 Å². The van der Waals surface area contributed by atoms with Gasteiger partial charge >= 0.3 is 0 Å². The highest BCUT2D eigenvalue weighted by atomic mass is 32.2. The Hall–Kier alpha value is -1.37. The summed E-state index contributed by atoms with van der Waals surface area (Å²) in [6, 6.07) is 8.27. The molecule has 1 atom stereocenters. The molecule has 0 radical (unpaired) electrons. The smallest absolute Gasteiger partial charge is 0.234 e. The van der Waals surface area contributed by atoms with Gasteiger partial charge in [0.05, 0.1) is 16.5 Å². The highest BCUT2D eigenvalue weighted by Crippen LogP contribution is 2.19. The third-order valence-electron chi connectivity index (χ3n) is 4.53. The predicted octanol–water partition coefficient (Wildman–Crippen LogP) is 4.56. The number of anilines is 1. The molecule has 1 N–H and O–H groups in total. The first-order valence-electron chi connectivity index (χ1n) is 9.18. The van der Waals surface area contributed by atoms with Crippen LogP contribution in [-0.4, -0.2) is 34.6 Å². The number of piperidine rings is 1. The lowest BCUT2D eigenvalue weighted by molar-refractivity contribution is -0.113. The lowest BCUT2D eigenvalue weighted by Crippen LogP contribution is -2.33. The van der Waals surface area contributed by atoms with E-state index in [0.29, 0.717) is 5.75 Å². The summed E-state index contributed by atoms with van der Waals surface area (Å²) in [4.78, 5) is 19.0. The molecule has 1 unspecified atom stereocenters. The van der Waals surface area contributed by atoms with E-state index in [0.717, 1.165) is 34.6 Å². The summed E-state index contributed by atoms with van der Waals surface area (Å²) < 4.78 is 0. The van der Waals surface area contributed by atoms with Crippen molar-refractivity contribution in [2.45, 2.75) is 39.0 Å². The minimum atomic E-state index is 0.0413. The minimum Gasteiger partial charge on any atom is -0.325 e. The van der Waals surface area contributed by atoms with Crippen LogP contribution in [0, 0.1) is 12.8 Å². The molecule has 1 saturated heterocycles. The van der Waals surface area contributed by atoms with Gasteiger partial charge in [0, 0.05) is 29.9 Å². The van der Waals surface area contributed by atoms with E-state index in [1.165, 1.54) is 31.5 Å². The Morgan fingerprint density at radius 2 is 2.19 bits per heavy atom. The summed E-state index contributed by atoms with van der Waals surface area (Å²) in [5.41, 5.74) is 3.24. The summed E-state index contributed by atoms with van der Waals surface area (Å²) >= 11 is 3.25. The molecule has 0 saturated carbocycles. The fourth-order valence-electron chi connectivity index (χ4n) is 3.30. The highest BCUT2D eigenvalue weighted by molar-refractivity contribution is 7.99. The van der Waals surface area contributed by atoms with E-state index in [1.807, 2.05) is 19.1 Å². The van der Waals surface area contributed by atoms with Gasteiger partial charge in [-0.25, -0.2) is 4.98 Å². The van der Waals surface area contributed by atoms with Crippen LogP contribution in [0.1, 0.15) is 36.0 Å². The fraction of sp³-hybridized carbons (Fsp3) is 0.500. The first kappa shape index (κ1) is 19.4. The minimum absolute atomic E-state index is 0.0413. The molecule has 4 nitrogen and oxygen atoms in total. The van der Waals surface area contributed by atoms with Crippen molar-refractivity contribution in [3.63, 3.8) is 0 Å². The SMILES string of the molecule is Cc1nc(CSCC(=O)Nc2ccc(CN3CCCC(C)C3)cc2)cs1. The van der Waals surface area contributed by atoms with Gasteiger partial charge in [-0.2, -0.15) is 0 Å². The number of aryl methyl sites for hydroxylation is 1. The Balaban J connectivity index is 1.41. The second-order valence-electron chi connectivity index (χ2n) is 7.08. The van der Waals surface area contributed by atoms with Gasteiger partial charge in [0.1, 0.15) is 0 Å². The molecular weight excluding hydrogens is 362 g/mol. The Morgan fingerprint density at radius 3 is 2.88 bits per heavy atom. The number of amides is 1. The molecule has 0 aliphatic carbocycles. The zero-order valence-electron chi connectivity index (χ0n) is 15.5. The van der Waals surface area contributed by atoms with E-state index in [9.17, 15) is 4.79 Å². The van der Waals surface area contributed by atoms with Crippen LogP contribution in [0.5, 0.6) is 0 Å². The lowest BCUT2D eigenvalue weighted by atomic mass is 10.00. The van der Waals surface area contributed by atoms with Crippen LogP contribution >= 0.6 is 23.1 Å². The Bertz CT molecular complexity index is 714. The Labute approximate surface area is 164 Å². The van der Waals surface area contributed by atoms with Crippen LogP contribution in [0.25, 0.3) is 0 Å². The molecule has 1 aliphatic rings. The zero-order valence-corrected chi connectivity index (χ0v) is 17.2. The number of hydrogen-bond donors (Lipinski definition) is 1. The number of nitrogens with zero attached hydrogens (tertiary/aromatic N) is 2. The van der Waals surface area contributed by atoms with Crippen LogP contribution in [0.15, 0.2) is 29.6 Å². The zero-order chi connectivity index (χ0) is 18.4. The molecule has 3 rings (SSSR count). The molecule has 1 fully saturated rings. The topological polar surface area (TPSA) is 45.2 Å². The molecule has 1 aromatic heterocycles. The first-order chi connectivity index (χ1) is 12.6. The number of nitrogens with one attached hydrogen (secondary N) is 1. The quantitative estimate of drug-likeness (QED) is 0.754. The van der Waals surface area contributed by atoms with Crippen LogP contribution in [-0.2, 0) is 17.1 Å². The maximum atomic E-state index is 12.1. The summed E-state index contributed by atoms with van der Waals surface area (Å²) in [5.74, 6) is 2.07. The number of carbonyl (C=O) groups excluding carboxylic acids is 1. The third-order valence-corrected chi connectivity index (χ3v) is 6.32. The van der Waals surface area contributed by atoms with Crippen LogP contribution < -0.4 is 5.32 Å². The average Bonchev–Trinajstić information content (AvgIpc) is 3.02. The van der Waals surface area contributed by atoms with Crippen molar-refractivity contribution in [2.24, 2.45) is 5.92 Å². The highest BCUT2D eigenvalue weighted by Gasteiger charge is 2.16. The number of rotatable bonds is 7. The number of thiazole rings is 1. The Morgan fingerprint density at radius 1 is 1.38 bits per heavy atom. The van der Waals surface area contributed by atoms with Gasteiger partial charge in [0.15, 0.2) is 0 Å². The lowest BCUT2D eigenvalue weighted by Gasteiger charge is -2.30. The fourth-order valence-corrected chi connectivity index (χ4v) is 4.74. The number of carbonyl (C=O) groups is 1. The first-order valence-corrected chi connectivity index (χ1v) is 11.2. The van der Waals surface area contributed by atoms with Crippen molar-refractivity contribution in [3.05, 3.63) is 45.9 Å². The molecular formula is C20H27N3OS2. The number of hydrogen-bond acceptors (Lipinski definition) is 5. The van der Waals surface area contributed by atoms with Crippen LogP contribution in [0.4, 0.5) is 5.69 Å². The molecule has 0 bridgehead atoms. The molecule has 1 aliphatic heterocycles. The van der Waals surface area contributed by atoms with E-state index < -0.39 is 0 Å². The largest absolute Gasteiger partial charge is 0.325 e. The van der Waals surface area contributed by atoms with E-state index in [1.54, 1.807) is 23.1 Å². The van der Waals surface area contributed by atoms with Gasteiger partial charge < -0.3 is 5.32 Å². The third kappa shape index (κ3) is 6.11. The number of thioether (sulfide) groups is 1. The summed E-state index contributed by atoms with van der Waals surface area (Å²) in [6.07, 6.45) is 2.65. The standard InChI is InChI=1S/C20H27N3OS2/c1-15-4-3-9-23(10-15)11-17-5-7-18(8-6-17)22-20(24)14-25-12-19-13-26-16(2)21-19/h5-8,13,15H,3-4,9-12,14H2,1-2H3,(H,22,24). The maximum absolute atomic E-state index is 12.1.